The van der Waals surface area contributed by atoms with E-state index in [2.05, 4.69) is 0 Å². The molecule has 0 radical (unpaired) electrons. The first-order valence-electron chi connectivity index (χ1n) is 5.28. The number of carbonyl (C=O) groups is 1. The molecule has 5 heteroatoms. The van der Waals surface area contributed by atoms with E-state index in [-0.39, 0.29) is 16.9 Å². The lowest BCUT2D eigenvalue weighted by molar-refractivity contribution is 0.0695. The van der Waals surface area contributed by atoms with Gasteiger partial charge in [0, 0.05) is 5.39 Å². The van der Waals surface area contributed by atoms with Crippen LogP contribution in [-0.2, 0) is 0 Å². The van der Waals surface area contributed by atoms with E-state index in [0.29, 0.717) is 16.4 Å². The zero-order chi connectivity index (χ0) is 12.9. The molecule has 0 fully saturated rings. The lowest BCUT2D eigenvalue weighted by Crippen LogP contribution is -2.07. The van der Waals surface area contributed by atoms with Crippen molar-refractivity contribution in [1.82, 2.24) is 0 Å². The van der Waals surface area contributed by atoms with Gasteiger partial charge in [-0.2, -0.15) is 0 Å². The van der Waals surface area contributed by atoms with E-state index >= 15 is 0 Å². The number of carboxylic acids is 1. The lowest BCUT2D eigenvalue weighted by Gasteiger charge is -1.99. The van der Waals surface area contributed by atoms with Gasteiger partial charge in [0.15, 0.2) is 0 Å². The smallest absolute Gasteiger partial charge is 0.380 e. The highest BCUT2D eigenvalue weighted by Gasteiger charge is 2.22. The summed E-state index contributed by atoms with van der Waals surface area (Å²) < 4.78 is 10.2. The van der Waals surface area contributed by atoms with Crippen molar-refractivity contribution in [3.63, 3.8) is 0 Å². The van der Waals surface area contributed by atoms with E-state index in [1.165, 1.54) is 6.92 Å². The van der Waals surface area contributed by atoms with Crippen LogP contribution in [0.4, 0.5) is 0 Å². The second kappa shape index (κ2) is 3.46. The van der Waals surface area contributed by atoms with Crippen molar-refractivity contribution in [3.8, 4) is 0 Å². The van der Waals surface area contributed by atoms with E-state index in [1.807, 2.05) is 0 Å². The van der Waals surface area contributed by atoms with Gasteiger partial charge < -0.3 is 13.9 Å². The summed E-state index contributed by atoms with van der Waals surface area (Å²) in [4.78, 5) is 23.0. The van der Waals surface area contributed by atoms with Gasteiger partial charge >= 0.3 is 11.6 Å². The Bertz CT molecular complexity index is 838. The van der Waals surface area contributed by atoms with Gasteiger partial charge in [-0.15, -0.1) is 0 Å². The number of carboxylic acid groups (broad SMARTS) is 1. The van der Waals surface area contributed by atoms with Crippen LogP contribution in [0.25, 0.3) is 21.9 Å². The Labute approximate surface area is 100 Å². The third-order valence-electron chi connectivity index (χ3n) is 2.84. The van der Waals surface area contributed by atoms with Crippen molar-refractivity contribution in [2.24, 2.45) is 0 Å². The maximum atomic E-state index is 11.7. The quantitative estimate of drug-likeness (QED) is 0.711. The van der Waals surface area contributed by atoms with Crippen LogP contribution in [0, 0.1) is 6.92 Å². The molecule has 0 aliphatic heterocycles. The SMILES string of the molecule is Cc1oc(=O)c2oc3ccccc3c2c1C(=O)O. The maximum Gasteiger partial charge on any atom is 0.380 e. The van der Waals surface area contributed by atoms with E-state index in [0.717, 1.165) is 0 Å². The summed E-state index contributed by atoms with van der Waals surface area (Å²) in [6.45, 7) is 1.45. The van der Waals surface area contributed by atoms with Gasteiger partial charge in [-0.1, -0.05) is 18.2 Å². The molecular formula is C13H8O5. The maximum absolute atomic E-state index is 11.7. The zero-order valence-corrected chi connectivity index (χ0v) is 9.39. The third-order valence-corrected chi connectivity index (χ3v) is 2.84. The molecule has 2 heterocycles. The molecule has 3 rings (SSSR count). The predicted molar refractivity (Wildman–Crippen MR) is 64.0 cm³/mol. The number of hydrogen-bond acceptors (Lipinski definition) is 4. The minimum absolute atomic E-state index is 0.0328. The molecule has 18 heavy (non-hydrogen) atoms. The minimum Gasteiger partial charge on any atom is -0.478 e. The molecule has 0 bridgehead atoms. The Morgan fingerprint density at radius 3 is 2.67 bits per heavy atom. The van der Waals surface area contributed by atoms with Crippen LogP contribution < -0.4 is 5.63 Å². The number of aryl methyl sites for hydroxylation is 1. The van der Waals surface area contributed by atoms with Crippen LogP contribution in [0.2, 0.25) is 0 Å². The molecular weight excluding hydrogens is 236 g/mol. The standard InChI is InChI=1S/C13H8O5/c1-6-9(12(14)15)10-7-4-2-3-5-8(7)18-11(10)13(16)17-6/h2-5H,1H3,(H,14,15). The Hall–Kier alpha value is -2.56. The zero-order valence-electron chi connectivity index (χ0n) is 9.39. The largest absolute Gasteiger partial charge is 0.478 e. The van der Waals surface area contributed by atoms with Crippen LogP contribution in [0.3, 0.4) is 0 Å². The first-order valence-corrected chi connectivity index (χ1v) is 5.28. The van der Waals surface area contributed by atoms with Gasteiger partial charge in [0.2, 0.25) is 5.58 Å². The fraction of sp³-hybridized carbons (Fsp3) is 0.0769. The highest BCUT2D eigenvalue weighted by Crippen LogP contribution is 2.30. The second-order valence-corrected chi connectivity index (χ2v) is 3.93. The summed E-state index contributed by atoms with van der Waals surface area (Å²) in [7, 11) is 0. The van der Waals surface area contributed by atoms with Gasteiger partial charge in [-0.3, -0.25) is 0 Å². The average molecular weight is 244 g/mol. The molecule has 0 saturated heterocycles. The molecule has 0 aliphatic carbocycles. The van der Waals surface area contributed by atoms with Crippen LogP contribution in [0.1, 0.15) is 16.1 Å². The average Bonchev–Trinajstić information content (AvgIpc) is 2.69. The summed E-state index contributed by atoms with van der Waals surface area (Å²) >= 11 is 0. The molecule has 90 valence electrons. The van der Waals surface area contributed by atoms with Gasteiger partial charge in [0.25, 0.3) is 0 Å². The third kappa shape index (κ3) is 1.27. The Balaban J connectivity index is 2.69. The normalized spacial score (nSPS) is 11.2. The predicted octanol–water partition coefficient (Wildman–Crippen LogP) is 2.55. The first kappa shape index (κ1) is 10.6. The molecule has 0 atom stereocenters. The van der Waals surface area contributed by atoms with Crippen molar-refractivity contribution < 1.29 is 18.7 Å². The van der Waals surface area contributed by atoms with Gasteiger partial charge in [0.1, 0.15) is 16.9 Å². The summed E-state index contributed by atoms with van der Waals surface area (Å²) in [6.07, 6.45) is 0. The summed E-state index contributed by atoms with van der Waals surface area (Å²) in [5, 5.41) is 10.1. The van der Waals surface area contributed by atoms with Crippen molar-refractivity contribution in [3.05, 3.63) is 46.0 Å². The molecule has 3 aromatic rings. The molecule has 5 nitrogen and oxygen atoms in total. The van der Waals surface area contributed by atoms with Crippen molar-refractivity contribution >= 4 is 27.9 Å². The molecule has 1 aromatic carbocycles. The molecule has 2 aromatic heterocycles. The Morgan fingerprint density at radius 1 is 1.22 bits per heavy atom. The van der Waals surface area contributed by atoms with E-state index in [9.17, 15) is 14.7 Å². The fourth-order valence-corrected chi connectivity index (χ4v) is 2.11. The Kier molecular flexibility index (Phi) is 2.04. The van der Waals surface area contributed by atoms with E-state index in [4.69, 9.17) is 8.83 Å². The first-order chi connectivity index (χ1) is 8.59. The number of aromatic carboxylic acids is 1. The lowest BCUT2D eigenvalue weighted by atomic mass is 10.1. The molecule has 0 aliphatic rings. The van der Waals surface area contributed by atoms with Gasteiger partial charge in [-0.05, 0) is 13.0 Å². The van der Waals surface area contributed by atoms with E-state index < -0.39 is 11.6 Å². The second-order valence-electron chi connectivity index (χ2n) is 3.93. The van der Waals surface area contributed by atoms with Crippen LogP contribution in [0.5, 0.6) is 0 Å². The number of benzene rings is 1. The molecule has 0 spiro atoms. The topological polar surface area (TPSA) is 80.7 Å². The number of rotatable bonds is 1. The molecule has 1 N–H and O–H groups in total. The van der Waals surface area contributed by atoms with Crippen molar-refractivity contribution in [2.45, 2.75) is 6.92 Å². The minimum atomic E-state index is -1.15. The number of para-hydroxylation sites is 1. The fourth-order valence-electron chi connectivity index (χ4n) is 2.11. The molecule has 0 unspecified atom stereocenters. The van der Waals surface area contributed by atoms with Crippen molar-refractivity contribution in [2.75, 3.05) is 0 Å². The Morgan fingerprint density at radius 2 is 1.94 bits per heavy atom. The molecule has 0 amide bonds. The number of fused-ring (bicyclic) bond motifs is 3. The van der Waals surface area contributed by atoms with Gasteiger partial charge in [-0.25, -0.2) is 9.59 Å². The summed E-state index contributed by atoms with van der Waals surface area (Å²) in [6, 6.07) is 6.90. The summed E-state index contributed by atoms with van der Waals surface area (Å²) in [5.41, 5.74) is -0.287. The van der Waals surface area contributed by atoms with Gasteiger partial charge in [0.05, 0.1) is 5.39 Å². The summed E-state index contributed by atoms with van der Waals surface area (Å²) in [5.74, 6) is -1.07. The van der Waals surface area contributed by atoms with Crippen molar-refractivity contribution in [1.29, 1.82) is 0 Å². The molecule has 0 saturated carbocycles. The number of furan rings is 1. The highest BCUT2D eigenvalue weighted by atomic mass is 16.4. The monoisotopic (exact) mass is 244 g/mol. The van der Waals surface area contributed by atoms with E-state index in [1.54, 1.807) is 24.3 Å². The van der Waals surface area contributed by atoms with Crippen LogP contribution in [-0.4, -0.2) is 11.1 Å². The van der Waals surface area contributed by atoms with Crippen LogP contribution in [0.15, 0.2) is 37.9 Å². The van der Waals surface area contributed by atoms with Crippen LogP contribution >= 0.6 is 0 Å². The number of hydrogen-bond donors (Lipinski definition) is 1. The highest BCUT2D eigenvalue weighted by molar-refractivity contribution is 6.14.